The van der Waals surface area contributed by atoms with Crippen LogP contribution in [0.1, 0.15) is 24.4 Å². The minimum Gasteiger partial charge on any atom is -0.396 e. The predicted octanol–water partition coefficient (Wildman–Crippen LogP) is 1.19. The summed E-state index contributed by atoms with van der Waals surface area (Å²) in [6.45, 7) is 0.711. The number of hydrogen-bond acceptors (Lipinski definition) is 3. The van der Waals surface area contributed by atoms with Crippen LogP contribution in [0.4, 0.5) is 0 Å². The Bertz CT molecular complexity index is 380. The SMILES string of the molecule is CN1C(c2ccccc2)CC(=O)N1CCCO. The van der Waals surface area contributed by atoms with E-state index in [9.17, 15) is 4.79 Å². The zero-order chi connectivity index (χ0) is 12.3. The van der Waals surface area contributed by atoms with Crippen molar-refractivity contribution in [3.63, 3.8) is 0 Å². The van der Waals surface area contributed by atoms with Crippen molar-refractivity contribution < 1.29 is 9.90 Å². The molecule has 1 atom stereocenters. The molecule has 1 amide bonds. The summed E-state index contributed by atoms with van der Waals surface area (Å²) in [4.78, 5) is 11.9. The summed E-state index contributed by atoms with van der Waals surface area (Å²) in [6.07, 6.45) is 1.14. The Kier molecular flexibility index (Phi) is 3.76. The van der Waals surface area contributed by atoms with E-state index in [1.807, 2.05) is 42.4 Å². The first-order chi connectivity index (χ1) is 8.24. The molecule has 1 aliphatic rings. The van der Waals surface area contributed by atoms with Crippen molar-refractivity contribution >= 4 is 5.91 Å². The van der Waals surface area contributed by atoms with E-state index in [-0.39, 0.29) is 18.6 Å². The minimum absolute atomic E-state index is 0.119. The van der Waals surface area contributed by atoms with Crippen LogP contribution >= 0.6 is 0 Å². The highest BCUT2D eigenvalue weighted by Crippen LogP contribution is 2.31. The number of carbonyl (C=O) groups excluding carboxylic acids is 1. The van der Waals surface area contributed by atoms with Crippen LogP contribution in [0, 0.1) is 0 Å². The third-order valence-electron chi connectivity index (χ3n) is 3.20. The highest BCUT2D eigenvalue weighted by Gasteiger charge is 2.35. The second-order valence-corrected chi connectivity index (χ2v) is 4.30. The molecule has 0 aromatic heterocycles. The van der Waals surface area contributed by atoms with Gasteiger partial charge in [-0.2, -0.15) is 0 Å². The van der Waals surface area contributed by atoms with Crippen molar-refractivity contribution in [1.29, 1.82) is 0 Å². The smallest absolute Gasteiger partial charge is 0.238 e. The number of amides is 1. The van der Waals surface area contributed by atoms with E-state index in [0.717, 1.165) is 5.56 Å². The van der Waals surface area contributed by atoms with Crippen LogP contribution in [0.2, 0.25) is 0 Å². The van der Waals surface area contributed by atoms with E-state index in [1.165, 1.54) is 0 Å². The molecule has 1 aromatic carbocycles. The van der Waals surface area contributed by atoms with Crippen LogP contribution in [0.5, 0.6) is 0 Å². The van der Waals surface area contributed by atoms with Gasteiger partial charge in [0, 0.05) is 26.6 Å². The molecule has 0 spiro atoms. The molecule has 92 valence electrons. The molecule has 17 heavy (non-hydrogen) atoms. The average Bonchev–Trinajstić information content (AvgIpc) is 2.64. The molecule has 0 saturated carbocycles. The molecule has 1 fully saturated rings. The summed E-state index contributed by atoms with van der Waals surface area (Å²) < 4.78 is 0. The Labute approximate surface area is 101 Å². The Balaban J connectivity index is 2.10. The van der Waals surface area contributed by atoms with Gasteiger partial charge in [-0.1, -0.05) is 30.3 Å². The van der Waals surface area contributed by atoms with E-state index in [1.54, 1.807) is 5.01 Å². The quantitative estimate of drug-likeness (QED) is 0.851. The van der Waals surface area contributed by atoms with Crippen LogP contribution in [0.15, 0.2) is 30.3 Å². The van der Waals surface area contributed by atoms with E-state index in [0.29, 0.717) is 19.4 Å². The number of aliphatic hydroxyl groups is 1. The molecule has 0 radical (unpaired) electrons. The maximum absolute atomic E-state index is 11.9. The van der Waals surface area contributed by atoms with E-state index in [2.05, 4.69) is 0 Å². The molecule has 1 N–H and O–H groups in total. The molecule has 0 aliphatic carbocycles. The standard InChI is InChI=1S/C13H18N2O2/c1-14-12(11-6-3-2-4-7-11)10-13(17)15(14)8-5-9-16/h2-4,6-7,12,16H,5,8-10H2,1H3. The molecule has 4 nitrogen and oxygen atoms in total. The molecule has 2 rings (SSSR count). The highest BCUT2D eigenvalue weighted by molar-refractivity contribution is 5.78. The number of nitrogens with zero attached hydrogens (tertiary/aromatic N) is 2. The zero-order valence-electron chi connectivity index (χ0n) is 10.0. The number of hydrogen-bond donors (Lipinski definition) is 1. The summed E-state index contributed by atoms with van der Waals surface area (Å²) >= 11 is 0. The lowest BCUT2D eigenvalue weighted by Crippen LogP contribution is -2.38. The summed E-state index contributed by atoms with van der Waals surface area (Å²) in [5.41, 5.74) is 1.16. The highest BCUT2D eigenvalue weighted by atomic mass is 16.3. The molecular weight excluding hydrogens is 216 g/mol. The second-order valence-electron chi connectivity index (χ2n) is 4.30. The van der Waals surface area contributed by atoms with Crippen LogP contribution in [0.25, 0.3) is 0 Å². The number of hydrazine groups is 1. The zero-order valence-corrected chi connectivity index (χ0v) is 10.0. The summed E-state index contributed by atoms with van der Waals surface area (Å²) in [5, 5.41) is 12.5. The van der Waals surface area contributed by atoms with Crippen molar-refractivity contribution in [2.24, 2.45) is 0 Å². The van der Waals surface area contributed by atoms with Gasteiger partial charge >= 0.3 is 0 Å². The van der Waals surface area contributed by atoms with Crippen LogP contribution in [-0.4, -0.2) is 41.2 Å². The number of rotatable bonds is 4. The molecule has 4 heteroatoms. The van der Waals surface area contributed by atoms with E-state index < -0.39 is 0 Å². The summed E-state index contributed by atoms with van der Waals surface area (Å²) in [5.74, 6) is 0.134. The van der Waals surface area contributed by atoms with Gasteiger partial charge in [0.2, 0.25) is 5.91 Å². The molecule has 1 aromatic rings. The number of aliphatic hydroxyl groups excluding tert-OH is 1. The van der Waals surface area contributed by atoms with E-state index >= 15 is 0 Å². The third-order valence-corrected chi connectivity index (χ3v) is 3.20. The number of benzene rings is 1. The molecule has 0 bridgehead atoms. The van der Waals surface area contributed by atoms with E-state index in [4.69, 9.17) is 5.11 Å². The molecule has 1 unspecified atom stereocenters. The summed E-state index contributed by atoms with van der Waals surface area (Å²) in [6, 6.07) is 10.2. The lowest BCUT2D eigenvalue weighted by Gasteiger charge is -2.28. The second kappa shape index (κ2) is 5.29. The van der Waals surface area contributed by atoms with Crippen molar-refractivity contribution in [2.45, 2.75) is 18.9 Å². The van der Waals surface area contributed by atoms with Crippen molar-refractivity contribution in [1.82, 2.24) is 10.0 Å². The predicted molar refractivity (Wildman–Crippen MR) is 65.0 cm³/mol. The van der Waals surface area contributed by atoms with Gasteiger partial charge in [-0.25, -0.2) is 5.01 Å². The lowest BCUT2D eigenvalue weighted by atomic mass is 10.1. The van der Waals surface area contributed by atoms with Gasteiger partial charge in [0.05, 0.1) is 6.04 Å². The first-order valence-corrected chi connectivity index (χ1v) is 5.93. The van der Waals surface area contributed by atoms with Crippen LogP contribution in [0.3, 0.4) is 0 Å². The van der Waals surface area contributed by atoms with Gasteiger partial charge in [0.25, 0.3) is 0 Å². The fourth-order valence-corrected chi connectivity index (χ4v) is 2.26. The average molecular weight is 234 g/mol. The Morgan fingerprint density at radius 1 is 1.35 bits per heavy atom. The topological polar surface area (TPSA) is 43.8 Å². The van der Waals surface area contributed by atoms with Crippen molar-refractivity contribution in [3.05, 3.63) is 35.9 Å². The van der Waals surface area contributed by atoms with Gasteiger partial charge in [-0.3, -0.25) is 9.80 Å². The Morgan fingerprint density at radius 2 is 2.06 bits per heavy atom. The fraction of sp³-hybridized carbons (Fsp3) is 0.462. The van der Waals surface area contributed by atoms with Gasteiger partial charge in [0.15, 0.2) is 0 Å². The van der Waals surface area contributed by atoms with Gasteiger partial charge < -0.3 is 5.11 Å². The minimum atomic E-state index is 0.119. The molecule has 1 heterocycles. The molecule has 1 aliphatic heterocycles. The first-order valence-electron chi connectivity index (χ1n) is 5.93. The normalized spacial score (nSPS) is 21.2. The lowest BCUT2D eigenvalue weighted by molar-refractivity contribution is -0.137. The monoisotopic (exact) mass is 234 g/mol. The summed E-state index contributed by atoms with van der Waals surface area (Å²) in [7, 11) is 1.93. The number of carbonyl (C=O) groups is 1. The maximum atomic E-state index is 11.9. The first kappa shape index (κ1) is 12.1. The largest absolute Gasteiger partial charge is 0.396 e. The van der Waals surface area contributed by atoms with Gasteiger partial charge in [-0.05, 0) is 12.0 Å². The maximum Gasteiger partial charge on any atom is 0.238 e. The van der Waals surface area contributed by atoms with Crippen LogP contribution < -0.4 is 0 Å². The Hall–Kier alpha value is -1.39. The fourth-order valence-electron chi connectivity index (χ4n) is 2.26. The third kappa shape index (κ3) is 2.48. The van der Waals surface area contributed by atoms with Crippen molar-refractivity contribution in [2.75, 3.05) is 20.2 Å². The Morgan fingerprint density at radius 3 is 2.71 bits per heavy atom. The van der Waals surface area contributed by atoms with Gasteiger partial charge in [-0.15, -0.1) is 0 Å². The molecule has 1 saturated heterocycles. The molecular formula is C13H18N2O2. The van der Waals surface area contributed by atoms with Crippen LogP contribution in [-0.2, 0) is 4.79 Å². The van der Waals surface area contributed by atoms with Gasteiger partial charge in [0.1, 0.15) is 0 Å². The van der Waals surface area contributed by atoms with Crippen molar-refractivity contribution in [3.8, 4) is 0 Å².